The van der Waals surface area contributed by atoms with Gasteiger partial charge in [0.2, 0.25) is 0 Å². The van der Waals surface area contributed by atoms with E-state index in [0.29, 0.717) is 49.5 Å². The van der Waals surface area contributed by atoms with Crippen LogP contribution in [-0.4, -0.2) is 58.6 Å². The fourth-order valence-electron chi connectivity index (χ4n) is 5.29. The molecule has 3 aliphatic rings. The van der Waals surface area contributed by atoms with Gasteiger partial charge in [-0.25, -0.2) is 4.39 Å². The molecule has 0 spiro atoms. The molecule has 2 aromatic heterocycles. The van der Waals surface area contributed by atoms with Crippen LogP contribution >= 0.6 is 0 Å². The number of hydrogen-bond acceptors (Lipinski definition) is 7. The standard InChI is InChI=1S/C24H26FN5O3/c25-19-3-1-15-2-4-21(31)30-14-16(22(19)23(15)30)13-29-7-5-17(6-8-29)26-12-18-11-20-24(28-27-18)33-10-9-32-20/h1-4,11,16-17,26H,5-10,12-14H2/t16-/m0/s1. The van der Waals surface area contributed by atoms with Crippen molar-refractivity contribution in [2.45, 2.75) is 37.9 Å². The van der Waals surface area contributed by atoms with Crippen molar-refractivity contribution in [1.29, 1.82) is 0 Å². The molecule has 0 bridgehead atoms. The normalized spacial score (nSPS) is 20.5. The van der Waals surface area contributed by atoms with Crippen molar-refractivity contribution in [1.82, 2.24) is 25.0 Å². The molecule has 172 valence electrons. The number of rotatable bonds is 5. The number of hydrogen-bond donors (Lipinski definition) is 1. The van der Waals surface area contributed by atoms with Crippen LogP contribution in [0.5, 0.6) is 11.6 Å². The van der Waals surface area contributed by atoms with Crippen LogP contribution in [0.2, 0.25) is 0 Å². The van der Waals surface area contributed by atoms with Crippen molar-refractivity contribution in [3.63, 3.8) is 0 Å². The number of piperidine rings is 1. The number of likely N-dealkylation sites (tertiary alicyclic amines) is 1. The number of pyridine rings is 1. The van der Waals surface area contributed by atoms with Crippen molar-refractivity contribution in [3.8, 4) is 11.6 Å². The van der Waals surface area contributed by atoms with Gasteiger partial charge in [-0.3, -0.25) is 4.79 Å². The first-order valence-electron chi connectivity index (χ1n) is 11.6. The third kappa shape index (κ3) is 3.85. The summed E-state index contributed by atoms with van der Waals surface area (Å²) in [6, 6.07) is 8.94. The van der Waals surface area contributed by atoms with Gasteiger partial charge in [0.15, 0.2) is 5.75 Å². The average Bonchev–Trinajstić information content (AvgIpc) is 3.23. The molecule has 0 aliphatic carbocycles. The highest BCUT2D eigenvalue weighted by Gasteiger charge is 2.31. The van der Waals surface area contributed by atoms with E-state index in [0.717, 1.165) is 49.1 Å². The van der Waals surface area contributed by atoms with Gasteiger partial charge < -0.3 is 24.3 Å². The molecule has 9 heteroatoms. The van der Waals surface area contributed by atoms with E-state index in [1.54, 1.807) is 22.8 Å². The van der Waals surface area contributed by atoms with E-state index in [1.807, 2.05) is 6.07 Å². The third-order valence-electron chi connectivity index (χ3n) is 6.94. The molecule has 1 atom stereocenters. The zero-order valence-electron chi connectivity index (χ0n) is 18.3. The molecule has 6 rings (SSSR count). The second kappa shape index (κ2) is 8.39. The van der Waals surface area contributed by atoms with E-state index in [1.165, 1.54) is 6.07 Å². The Hall–Kier alpha value is -3.04. The number of benzene rings is 1. The molecule has 1 aromatic carbocycles. The minimum atomic E-state index is -0.207. The number of halogens is 1. The molecule has 33 heavy (non-hydrogen) atoms. The molecule has 1 fully saturated rings. The molecular formula is C24H26FN5O3. The Morgan fingerprint density at radius 2 is 1.91 bits per heavy atom. The van der Waals surface area contributed by atoms with Gasteiger partial charge in [-0.05, 0) is 49.5 Å². The highest BCUT2D eigenvalue weighted by atomic mass is 19.1. The van der Waals surface area contributed by atoms with Crippen molar-refractivity contribution >= 4 is 10.9 Å². The van der Waals surface area contributed by atoms with E-state index in [9.17, 15) is 9.18 Å². The first-order valence-corrected chi connectivity index (χ1v) is 11.6. The van der Waals surface area contributed by atoms with Crippen LogP contribution in [0.15, 0.2) is 35.1 Å². The Labute approximate surface area is 190 Å². The molecule has 0 saturated carbocycles. The minimum absolute atomic E-state index is 0.00120. The fraction of sp³-hybridized carbons (Fsp3) is 0.458. The maximum absolute atomic E-state index is 14.7. The molecule has 5 heterocycles. The number of ether oxygens (including phenoxy) is 2. The first kappa shape index (κ1) is 20.6. The highest BCUT2D eigenvalue weighted by molar-refractivity contribution is 5.84. The van der Waals surface area contributed by atoms with Crippen LogP contribution < -0.4 is 20.3 Å². The van der Waals surface area contributed by atoms with E-state index in [2.05, 4.69) is 20.4 Å². The lowest BCUT2D eigenvalue weighted by Gasteiger charge is -2.34. The second-order valence-corrected chi connectivity index (χ2v) is 9.04. The van der Waals surface area contributed by atoms with E-state index in [4.69, 9.17) is 9.47 Å². The Bertz CT molecular complexity index is 1250. The maximum Gasteiger partial charge on any atom is 0.276 e. The topological polar surface area (TPSA) is 81.5 Å². The zero-order chi connectivity index (χ0) is 22.4. The second-order valence-electron chi connectivity index (χ2n) is 9.04. The Morgan fingerprint density at radius 3 is 2.79 bits per heavy atom. The lowest BCUT2D eigenvalue weighted by molar-refractivity contribution is 0.161. The molecule has 3 aliphatic heterocycles. The SMILES string of the molecule is O=c1ccc2ccc(F)c3c2n1C[C@@H]3CN1CCC(NCc2cc3c(nn2)OCCO3)CC1. The number of nitrogens with zero attached hydrogens (tertiary/aromatic N) is 4. The van der Waals surface area contributed by atoms with Gasteiger partial charge in [0.25, 0.3) is 11.4 Å². The predicted molar refractivity (Wildman–Crippen MR) is 120 cm³/mol. The Morgan fingerprint density at radius 1 is 1.09 bits per heavy atom. The molecule has 1 N–H and O–H groups in total. The van der Waals surface area contributed by atoms with Crippen molar-refractivity contribution < 1.29 is 13.9 Å². The lowest BCUT2D eigenvalue weighted by Crippen LogP contribution is -2.43. The van der Waals surface area contributed by atoms with Crippen LogP contribution in [0.1, 0.15) is 30.0 Å². The number of fused-ring (bicyclic) bond motifs is 1. The van der Waals surface area contributed by atoms with Crippen LogP contribution in [0.3, 0.4) is 0 Å². The van der Waals surface area contributed by atoms with Gasteiger partial charge in [-0.15, -0.1) is 5.10 Å². The fourth-order valence-corrected chi connectivity index (χ4v) is 5.29. The quantitative estimate of drug-likeness (QED) is 0.636. The van der Waals surface area contributed by atoms with Crippen LogP contribution in [0.4, 0.5) is 4.39 Å². The van der Waals surface area contributed by atoms with Gasteiger partial charge in [0.05, 0.1) is 11.2 Å². The molecule has 8 nitrogen and oxygen atoms in total. The van der Waals surface area contributed by atoms with Crippen molar-refractivity contribution in [2.75, 3.05) is 32.8 Å². The summed E-state index contributed by atoms with van der Waals surface area (Å²) >= 11 is 0. The number of nitrogens with one attached hydrogen (secondary N) is 1. The average molecular weight is 452 g/mol. The largest absolute Gasteiger partial charge is 0.484 e. The Kier molecular flexibility index (Phi) is 5.22. The van der Waals surface area contributed by atoms with E-state index >= 15 is 0 Å². The first-order chi connectivity index (χ1) is 16.2. The van der Waals surface area contributed by atoms with Crippen LogP contribution in [0, 0.1) is 5.82 Å². The lowest BCUT2D eigenvalue weighted by atomic mass is 9.97. The summed E-state index contributed by atoms with van der Waals surface area (Å²) in [5, 5.41) is 12.8. The van der Waals surface area contributed by atoms with Gasteiger partial charge in [-0.2, -0.15) is 5.10 Å². The summed E-state index contributed by atoms with van der Waals surface area (Å²) in [5.41, 5.74) is 2.24. The summed E-state index contributed by atoms with van der Waals surface area (Å²) in [6.45, 7) is 4.84. The Balaban J connectivity index is 1.06. The maximum atomic E-state index is 14.7. The smallest absolute Gasteiger partial charge is 0.276 e. The molecule has 0 radical (unpaired) electrons. The highest BCUT2D eigenvalue weighted by Crippen LogP contribution is 2.35. The summed E-state index contributed by atoms with van der Waals surface area (Å²) in [4.78, 5) is 14.7. The van der Waals surface area contributed by atoms with Crippen LogP contribution in [-0.2, 0) is 13.1 Å². The minimum Gasteiger partial charge on any atom is -0.484 e. The molecular weight excluding hydrogens is 425 g/mol. The molecule has 0 unspecified atom stereocenters. The summed E-state index contributed by atoms with van der Waals surface area (Å²) in [7, 11) is 0. The van der Waals surface area contributed by atoms with Gasteiger partial charge >= 0.3 is 0 Å². The predicted octanol–water partition coefficient (Wildman–Crippen LogP) is 2.05. The van der Waals surface area contributed by atoms with Crippen molar-refractivity contribution in [3.05, 3.63) is 57.8 Å². The molecule has 1 saturated heterocycles. The van der Waals surface area contributed by atoms with Gasteiger partial charge in [0.1, 0.15) is 19.0 Å². The molecule has 0 amide bonds. The number of aromatic nitrogens is 3. The van der Waals surface area contributed by atoms with Crippen LogP contribution in [0.25, 0.3) is 10.9 Å². The van der Waals surface area contributed by atoms with Crippen molar-refractivity contribution in [2.24, 2.45) is 0 Å². The molecule has 3 aromatic rings. The van der Waals surface area contributed by atoms with Gasteiger partial charge in [0, 0.05) is 49.3 Å². The van der Waals surface area contributed by atoms with E-state index in [-0.39, 0.29) is 17.3 Å². The summed E-state index contributed by atoms with van der Waals surface area (Å²) in [6.07, 6.45) is 2.01. The summed E-state index contributed by atoms with van der Waals surface area (Å²) in [5.74, 6) is 0.909. The summed E-state index contributed by atoms with van der Waals surface area (Å²) < 4.78 is 27.5. The monoisotopic (exact) mass is 451 g/mol. The van der Waals surface area contributed by atoms with E-state index < -0.39 is 0 Å². The third-order valence-corrected chi connectivity index (χ3v) is 6.94. The van der Waals surface area contributed by atoms with Gasteiger partial charge in [-0.1, -0.05) is 0 Å². The zero-order valence-corrected chi connectivity index (χ0v) is 18.3.